The largest absolute Gasteiger partial charge is 0.462 e. The number of esters is 1. The molecule has 0 saturated carbocycles. The third-order valence-electron chi connectivity index (χ3n) is 3.44. The standard InChI is InChI=1S/C20H19N3O3/c1-2-26-20(25)16-8-10-18(11-9-16)22-14-17(12-21)19(24)23-13-15-6-4-3-5-7-15/h3-11,14,22H,2,13H2,1H3,(H,23,24)/b17-14-. The van der Waals surface area contributed by atoms with Crippen molar-refractivity contribution in [3.63, 3.8) is 0 Å². The number of anilines is 1. The highest BCUT2D eigenvalue weighted by Gasteiger charge is 2.09. The summed E-state index contributed by atoms with van der Waals surface area (Å²) in [6, 6.07) is 17.8. The van der Waals surface area contributed by atoms with E-state index < -0.39 is 11.9 Å². The van der Waals surface area contributed by atoms with Gasteiger partial charge in [-0.15, -0.1) is 0 Å². The van der Waals surface area contributed by atoms with Crippen molar-refractivity contribution in [3.8, 4) is 6.07 Å². The quantitative estimate of drug-likeness (QED) is 0.455. The number of nitriles is 1. The Morgan fingerprint density at radius 3 is 2.42 bits per heavy atom. The van der Waals surface area contributed by atoms with Crippen molar-refractivity contribution in [1.29, 1.82) is 5.26 Å². The predicted octanol–water partition coefficient (Wildman–Crippen LogP) is 3.00. The number of carbonyl (C=O) groups is 2. The third kappa shape index (κ3) is 5.49. The van der Waals surface area contributed by atoms with Gasteiger partial charge in [-0.2, -0.15) is 5.26 Å². The summed E-state index contributed by atoms with van der Waals surface area (Å²) in [5, 5.41) is 14.7. The lowest BCUT2D eigenvalue weighted by Gasteiger charge is -2.06. The van der Waals surface area contributed by atoms with E-state index in [9.17, 15) is 9.59 Å². The molecule has 0 heterocycles. The highest BCUT2D eigenvalue weighted by Crippen LogP contribution is 2.11. The van der Waals surface area contributed by atoms with Crippen molar-refractivity contribution >= 4 is 17.6 Å². The number of hydrogen-bond acceptors (Lipinski definition) is 5. The van der Waals surface area contributed by atoms with Crippen LogP contribution >= 0.6 is 0 Å². The van der Waals surface area contributed by atoms with Gasteiger partial charge in [-0.05, 0) is 36.8 Å². The lowest BCUT2D eigenvalue weighted by molar-refractivity contribution is -0.117. The highest BCUT2D eigenvalue weighted by atomic mass is 16.5. The minimum Gasteiger partial charge on any atom is -0.462 e. The molecule has 0 aliphatic carbocycles. The van der Waals surface area contributed by atoms with Crippen LogP contribution in [-0.2, 0) is 16.1 Å². The molecule has 0 spiro atoms. The second-order valence-electron chi connectivity index (χ2n) is 5.28. The minimum atomic E-state index is -0.466. The second-order valence-corrected chi connectivity index (χ2v) is 5.28. The molecule has 0 unspecified atom stereocenters. The van der Waals surface area contributed by atoms with Gasteiger partial charge in [0.25, 0.3) is 5.91 Å². The Balaban J connectivity index is 1.95. The molecular formula is C20H19N3O3. The van der Waals surface area contributed by atoms with Gasteiger partial charge in [0.1, 0.15) is 11.6 Å². The van der Waals surface area contributed by atoms with E-state index in [0.29, 0.717) is 24.4 Å². The number of benzene rings is 2. The first-order valence-electron chi connectivity index (χ1n) is 8.10. The van der Waals surface area contributed by atoms with E-state index in [-0.39, 0.29) is 5.57 Å². The molecule has 0 aliphatic heterocycles. The van der Waals surface area contributed by atoms with E-state index in [1.807, 2.05) is 36.4 Å². The number of amides is 1. The Labute approximate surface area is 152 Å². The van der Waals surface area contributed by atoms with Gasteiger partial charge < -0.3 is 15.4 Å². The van der Waals surface area contributed by atoms with E-state index >= 15 is 0 Å². The summed E-state index contributed by atoms with van der Waals surface area (Å²) in [5.41, 5.74) is 1.97. The van der Waals surface area contributed by atoms with Crippen LogP contribution in [0.5, 0.6) is 0 Å². The molecule has 0 saturated heterocycles. The molecule has 6 heteroatoms. The van der Waals surface area contributed by atoms with Crippen LogP contribution in [0.4, 0.5) is 5.69 Å². The first-order valence-corrected chi connectivity index (χ1v) is 8.10. The SMILES string of the molecule is CCOC(=O)c1ccc(N/C=C(/C#N)C(=O)NCc2ccccc2)cc1. The molecule has 6 nitrogen and oxygen atoms in total. The van der Waals surface area contributed by atoms with Crippen LogP contribution in [0, 0.1) is 11.3 Å². The topological polar surface area (TPSA) is 91.2 Å². The van der Waals surface area contributed by atoms with Gasteiger partial charge in [-0.1, -0.05) is 30.3 Å². The maximum atomic E-state index is 12.1. The van der Waals surface area contributed by atoms with Crippen LogP contribution in [0.3, 0.4) is 0 Å². The van der Waals surface area contributed by atoms with Crippen molar-refractivity contribution in [2.45, 2.75) is 13.5 Å². The van der Waals surface area contributed by atoms with Gasteiger partial charge in [-0.3, -0.25) is 4.79 Å². The van der Waals surface area contributed by atoms with E-state index in [2.05, 4.69) is 10.6 Å². The summed E-state index contributed by atoms with van der Waals surface area (Å²) >= 11 is 0. The van der Waals surface area contributed by atoms with E-state index in [1.54, 1.807) is 31.2 Å². The highest BCUT2D eigenvalue weighted by molar-refractivity contribution is 5.97. The summed E-state index contributed by atoms with van der Waals surface area (Å²) in [6.07, 6.45) is 1.33. The average molecular weight is 349 g/mol. The van der Waals surface area contributed by atoms with Crippen molar-refractivity contribution in [3.05, 3.63) is 77.5 Å². The number of nitrogens with zero attached hydrogens (tertiary/aromatic N) is 1. The van der Waals surface area contributed by atoms with Crippen molar-refractivity contribution in [2.24, 2.45) is 0 Å². The van der Waals surface area contributed by atoms with Crippen LogP contribution in [0.2, 0.25) is 0 Å². The smallest absolute Gasteiger partial charge is 0.338 e. The third-order valence-corrected chi connectivity index (χ3v) is 3.44. The van der Waals surface area contributed by atoms with E-state index in [0.717, 1.165) is 5.56 Å². The van der Waals surface area contributed by atoms with E-state index in [4.69, 9.17) is 10.00 Å². The number of rotatable bonds is 7. The van der Waals surface area contributed by atoms with Crippen LogP contribution in [0.15, 0.2) is 66.4 Å². The Morgan fingerprint density at radius 2 is 1.81 bits per heavy atom. The van der Waals surface area contributed by atoms with Crippen LogP contribution in [-0.4, -0.2) is 18.5 Å². The number of ether oxygens (including phenoxy) is 1. The molecule has 0 bridgehead atoms. The fourth-order valence-corrected chi connectivity index (χ4v) is 2.09. The van der Waals surface area contributed by atoms with Gasteiger partial charge in [0.15, 0.2) is 0 Å². The summed E-state index contributed by atoms with van der Waals surface area (Å²) in [7, 11) is 0. The number of hydrogen-bond donors (Lipinski definition) is 2. The van der Waals surface area contributed by atoms with Gasteiger partial charge in [0, 0.05) is 18.4 Å². The molecule has 26 heavy (non-hydrogen) atoms. The molecule has 2 rings (SSSR count). The van der Waals surface area contributed by atoms with Crippen LogP contribution in [0.25, 0.3) is 0 Å². The normalized spacial score (nSPS) is 10.5. The zero-order valence-corrected chi connectivity index (χ0v) is 14.4. The zero-order valence-electron chi connectivity index (χ0n) is 14.4. The monoisotopic (exact) mass is 349 g/mol. The first-order chi connectivity index (χ1) is 12.6. The number of nitrogens with one attached hydrogen (secondary N) is 2. The molecule has 0 aromatic heterocycles. The fraction of sp³-hybridized carbons (Fsp3) is 0.150. The van der Waals surface area contributed by atoms with Crippen molar-refractivity contribution in [1.82, 2.24) is 5.32 Å². The molecular weight excluding hydrogens is 330 g/mol. The van der Waals surface area contributed by atoms with Gasteiger partial charge in [-0.25, -0.2) is 4.79 Å². The van der Waals surface area contributed by atoms with Crippen molar-refractivity contribution in [2.75, 3.05) is 11.9 Å². The Bertz CT molecular complexity index is 822. The number of carbonyl (C=O) groups excluding carboxylic acids is 2. The molecule has 0 fully saturated rings. The van der Waals surface area contributed by atoms with Gasteiger partial charge >= 0.3 is 5.97 Å². The molecule has 1 amide bonds. The maximum Gasteiger partial charge on any atom is 0.338 e. The average Bonchev–Trinajstić information content (AvgIpc) is 2.68. The lowest BCUT2D eigenvalue weighted by atomic mass is 10.2. The molecule has 2 aromatic rings. The molecule has 132 valence electrons. The Kier molecular flexibility index (Phi) is 6.95. The maximum absolute atomic E-state index is 12.1. The molecule has 2 N–H and O–H groups in total. The summed E-state index contributed by atoms with van der Waals surface area (Å²) in [6.45, 7) is 2.39. The van der Waals surface area contributed by atoms with Gasteiger partial charge in [0.05, 0.1) is 12.2 Å². The molecule has 0 atom stereocenters. The zero-order chi connectivity index (χ0) is 18.8. The predicted molar refractivity (Wildman–Crippen MR) is 98.0 cm³/mol. The molecule has 2 aromatic carbocycles. The van der Waals surface area contributed by atoms with Crippen LogP contribution in [0.1, 0.15) is 22.8 Å². The summed E-state index contributed by atoms with van der Waals surface area (Å²) < 4.78 is 4.91. The summed E-state index contributed by atoms with van der Waals surface area (Å²) in [4.78, 5) is 23.7. The van der Waals surface area contributed by atoms with Crippen molar-refractivity contribution < 1.29 is 14.3 Å². The van der Waals surface area contributed by atoms with E-state index in [1.165, 1.54) is 6.20 Å². The Morgan fingerprint density at radius 1 is 1.12 bits per heavy atom. The van der Waals surface area contributed by atoms with Gasteiger partial charge in [0.2, 0.25) is 0 Å². The Hall–Kier alpha value is -3.59. The molecule has 0 aliphatic rings. The minimum absolute atomic E-state index is 0.0459. The molecule has 0 radical (unpaired) electrons. The fourth-order valence-electron chi connectivity index (χ4n) is 2.09. The van der Waals surface area contributed by atoms with Crippen LogP contribution < -0.4 is 10.6 Å². The first kappa shape index (κ1) is 18.7. The second kappa shape index (κ2) is 9.64. The lowest BCUT2D eigenvalue weighted by Crippen LogP contribution is -2.24. The summed E-state index contributed by atoms with van der Waals surface area (Å²) in [5.74, 6) is -0.861.